The molecule has 0 atom stereocenters. The fourth-order valence-corrected chi connectivity index (χ4v) is 9.03. The summed E-state index contributed by atoms with van der Waals surface area (Å²) in [5.41, 5.74) is 19.7. The van der Waals surface area contributed by atoms with E-state index in [1.165, 1.54) is 116 Å². The van der Waals surface area contributed by atoms with Gasteiger partial charge in [-0.2, -0.15) is 0 Å². The largest absolute Gasteiger partial charge is 0.0622 e. The number of hydrogen-bond acceptors (Lipinski definition) is 0. The average molecular weight is 619 g/mol. The maximum absolute atomic E-state index is 2.44. The van der Waals surface area contributed by atoms with Crippen molar-refractivity contribution >= 4 is 32.3 Å². The normalized spacial score (nSPS) is 12.2. The van der Waals surface area contributed by atoms with Gasteiger partial charge in [-0.1, -0.05) is 158 Å². The third-order valence-corrected chi connectivity index (χ3v) is 11.1. The van der Waals surface area contributed by atoms with E-state index in [1.807, 2.05) is 0 Å². The van der Waals surface area contributed by atoms with Crippen molar-refractivity contribution in [2.45, 2.75) is 6.92 Å². The summed E-state index contributed by atoms with van der Waals surface area (Å²) in [5, 5.41) is 7.97. The Balaban J connectivity index is 1.21. The van der Waals surface area contributed by atoms with Crippen LogP contribution in [0.15, 0.2) is 164 Å². The van der Waals surface area contributed by atoms with Crippen LogP contribution in [-0.2, 0) is 0 Å². The van der Waals surface area contributed by atoms with Gasteiger partial charge in [-0.25, -0.2) is 0 Å². The van der Waals surface area contributed by atoms with Crippen molar-refractivity contribution in [1.29, 1.82) is 0 Å². The van der Waals surface area contributed by atoms with Crippen molar-refractivity contribution in [3.8, 4) is 77.9 Å². The molecule has 11 rings (SSSR count). The summed E-state index contributed by atoms with van der Waals surface area (Å²) in [7, 11) is 0. The van der Waals surface area contributed by atoms with E-state index in [2.05, 4.69) is 171 Å². The summed E-state index contributed by atoms with van der Waals surface area (Å²) in [5.74, 6) is 0. The molecule has 0 amide bonds. The first-order valence-electron chi connectivity index (χ1n) is 17.2. The average Bonchev–Trinajstić information content (AvgIpc) is 3.67. The van der Waals surface area contributed by atoms with E-state index < -0.39 is 0 Å². The highest BCUT2D eigenvalue weighted by Gasteiger charge is 2.31. The molecule has 0 heterocycles. The molecule has 0 unspecified atom stereocenters. The van der Waals surface area contributed by atoms with Gasteiger partial charge in [0.05, 0.1) is 0 Å². The second-order valence-corrected chi connectivity index (χ2v) is 13.6. The molecule has 0 spiro atoms. The first kappa shape index (κ1) is 26.8. The van der Waals surface area contributed by atoms with Gasteiger partial charge in [-0.3, -0.25) is 0 Å². The molecule has 0 fully saturated rings. The summed E-state index contributed by atoms with van der Waals surface area (Å²) in [6.07, 6.45) is 0. The smallest absolute Gasteiger partial charge is 0.000741 e. The number of benzene rings is 9. The van der Waals surface area contributed by atoms with E-state index >= 15 is 0 Å². The predicted molar refractivity (Wildman–Crippen MR) is 209 cm³/mol. The molecule has 0 aliphatic heterocycles. The van der Waals surface area contributed by atoms with Crippen LogP contribution in [0, 0.1) is 6.92 Å². The lowest BCUT2D eigenvalue weighted by molar-refractivity contribution is 1.54. The van der Waals surface area contributed by atoms with Crippen molar-refractivity contribution in [3.63, 3.8) is 0 Å². The van der Waals surface area contributed by atoms with E-state index in [9.17, 15) is 0 Å². The number of hydrogen-bond donors (Lipinski definition) is 0. The highest BCUT2D eigenvalue weighted by atomic mass is 14.3. The molecular weight excluding hydrogens is 589 g/mol. The maximum Gasteiger partial charge on any atom is -0.000741 e. The van der Waals surface area contributed by atoms with Crippen LogP contribution in [0.25, 0.3) is 110 Å². The predicted octanol–water partition coefficient (Wildman–Crippen LogP) is 13.8. The minimum Gasteiger partial charge on any atom is -0.0622 e. The third-order valence-electron chi connectivity index (χ3n) is 11.1. The molecule has 0 heteroatoms. The molecule has 9 aromatic rings. The Morgan fingerprint density at radius 1 is 0.265 bits per heavy atom. The molecule has 0 bridgehead atoms. The number of rotatable bonds is 3. The van der Waals surface area contributed by atoms with Crippen molar-refractivity contribution in [1.82, 2.24) is 0 Å². The Morgan fingerprint density at radius 2 is 0.755 bits per heavy atom. The molecule has 0 saturated heterocycles. The van der Waals surface area contributed by atoms with E-state index in [1.54, 1.807) is 0 Å². The van der Waals surface area contributed by atoms with Crippen molar-refractivity contribution in [2.24, 2.45) is 0 Å². The van der Waals surface area contributed by atoms with Crippen LogP contribution in [0.5, 0.6) is 0 Å². The Bertz CT molecular complexity index is 2760. The summed E-state index contributed by atoms with van der Waals surface area (Å²) in [4.78, 5) is 0. The molecule has 2 aliphatic carbocycles. The van der Waals surface area contributed by atoms with Gasteiger partial charge in [0.2, 0.25) is 0 Å². The van der Waals surface area contributed by atoms with Crippen LogP contribution in [0.1, 0.15) is 5.56 Å². The zero-order chi connectivity index (χ0) is 32.2. The quantitative estimate of drug-likeness (QED) is 0.185. The third kappa shape index (κ3) is 3.58. The van der Waals surface area contributed by atoms with Gasteiger partial charge in [0.25, 0.3) is 0 Å². The first-order chi connectivity index (χ1) is 24.3. The lowest BCUT2D eigenvalue weighted by Crippen LogP contribution is -1.93. The highest BCUT2D eigenvalue weighted by molar-refractivity contribution is 6.29. The minimum absolute atomic E-state index is 1.25. The van der Waals surface area contributed by atoms with Gasteiger partial charge in [-0.15, -0.1) is 0 Å². The summed E-state index contributed by atoms with van der Waals surface area (Å²) in [6, 6.07) is 61.1. The minimum atomic E-state index is 1.25. The first-order valence-corrected chi connectivity index (χ1v) is 17.2. The van der Waals surface area contributed by atoms with Gasteiger partial charge >= 0.3 is 0 Å². The Morgan fingerprint density at radius 3 is 1.45 bits per heavy atom. The van der Waals surface area contributed by atoms with Crippen molar-refractivity contribution in [3.05, 3.63) is 169 Å². The van der Waals surface area contributed by atoms with E-state index in [0.29, 0.717) is 0 Å². The highest BCUT2D eigenvalue weighted by Crippen LogP contribution is 2.59. The van der Waals surface area contributed by atoms with Gasteiger partial charge in [0, 0.05) is 0 Å². The maximum atomic E-state index is 2.44. The van der Waals surface area contributed by atoms with Crippen LogP contribution >= 0.6 is 0 Å². The van der Waals surface area contributed by atoms with Crippen LogP contribution in [0.2, 0.25) is 0 Å². The van der Waals surface area contributed by atoms with Crippen LogP contribution in [0.3, 0.4) is 0 Å². The standard InChI is InChI=1S/C49H30/c1-29-22-24-40-35-25-23-32(28-43(35)39-20-10-18-33(29)46(39)40)34-26-27-42-47-36(34)19-11-21-41(47)48-44(30-12-4-2-5-13-30)37-16-8-9-17-38(37)45(49(42)48)31-14-6-3-7-15-31/h2-28H,1H3. The van der Waals surface area contributed by atoms with E-state index in [0.717, 1.165) is 0 Å². The lowest BCUT2D eigenvalue weighted by Gasteiger charge is -2.20. The van der Waals surface area contributed by atoms with Crippen molar-refractivity contribution < 1.29 is 0 Å². The monoisotopic (exact) mass is 618 g/mol. The Hall–Kier alpha value is -6.24. The van der Waals surface area contributed by atoms with E-state index in [4.69, 9.17) is 0 Å². The molecule has 0 N–H and O–H groups in total. The van der Waals surface area contributed by atoms with Crippen LogP contribution < -0.4 is 0 Å². The second kappa shape index (κ2) is 9.89. The molecule has 0 radical (unpaired) electrons. The van der Waals surface area contributed by atoms with Crippen LogP contribution in [-0.4, -0.2) is 0 Å². The Kier molecular flexibility index (Phi) is 5.41. The molecule has 0 saturated carbocycles. The molecule has 49 heavy (non-hydrogen) atoms. The lowest BCUT2D eigenvalue weighted by atomic mass is 9.82. The summed E-state index contributed by atoms with van der Waals surface area (Å²) in [6.45, 7) is 2.22. The van der Waals surface area contributed by atoms with Gasteiger partial charge < -0.3 is 0 Å². The van der Waals surface area contributed by atoms with Crippen molar-refractivity contribution in [2.75, 3.05) is 0 Å². The molecule has 0 aromatic heterocycles. The SMILES string of the molecule is Cc1ccc2c3c(cccc13)-c1cc(-c3ccc4c5c(cccc35)-c3c-4c(-c4ccccc4)c4ccccc4c3-c3ccccc3)ccc1-2. The fraction of sp³-hybridized carbons (Fsp3) is 0.0204. The fourth-order valence-electron chi connectivity index (χ4n) is 9.03. The number of aryl methyl sites for hydroxylation is 1. The van der Waals surface area contributed by atoms with Gasteiger partial charge in [-0.05, 0) is 129 Å². The number of fused-ring (bicyclic) bond motifs is 7. The molecule has 9 aromatic carbocycles. The molecule has 2 aliphatic rings. The molecule has 226 valence electrons. The topological polar surface area (TPSA) is 0 Å². The zero-order valence-electron chi connectivity index (χ0n) is 27.1. The van der Waals surface area contributed by atoms with Gasteiger partial charge in [0.1, 0.15) is 0 Å². The zero-order valence-corrected chi connectivity index (χ0v) is 27.1. The van der Waals surface area contributed by atoms with E-state index in [-0.39, 0.29) is 0 Å². The summed E-state index contributed by atoms with van der Waals surface area (Å²) >= 11 is 0. The van der Waals surface area contributed by atoms with Crippen LogP contribution in [0.4, 0.5) is 0 Å². The second-order valence-electron chi connectivity index (χ2n) is 13.6. The molecule has 0 nitrogen and oxygen atoms in total. The molecular formula is C49H30. The Labute approximate surface area is 285 Å². The van der Waals surface area contributed by atoms with Gasteiger partial charge in [0.15, 0.2) is 0 Å². The summed E-state index contributed by atoms with van der Waals surface area (Å²) < 4.78 is 0.